The van der Waals surface area contributed by atoms with Crippen LogP contribution in [0.4, 0.5) is 4.79 Å². The second-order valence-electron chi connectivity index (χ2n) is 8.76. The lowest BCUT2D eigenvalue weighted by Crippen LogP contribution is -2.59. The highest BCUT2D eigenvalue weighted by molar-refractivity contribution is 8.01. The van der Waals surface area contributed by atoms with E-state index in [1.165, 1.54) is 16.7 Å². The molecule has 14 heteroatoms. The summed E-state index contributed by atoms with van der Waals surface area (Å²) in [5.74, 6) is -3.64. The number of nitroso groups, excluding NO2 is 1. The number of hydrogen-bond donors (Lipinski definition) is 3. The maximum absolute atomic E-state index is 13.2. The van der Waals surface area contributed by atoms with Crippen LogP contribution in [0.2, 0.25) is 0 Å². The van der Waals surface area contributed by atoms with Crippen LogP contribution in [0.15, 0.2) is 35.6 Å². The molecule has 2 saturated heterocycles. The van der Waals surface area contributed by atoms with E-state index >= 15 is 0 Å². The molecule has 194 valence electrons. The number of piperazine rings is 1. The minimum Gasteiger partial charge on any atom is -0.480 e. The highest BCUT2D eigenvalue weighted by Gasteiger charge is 2.52. The third-order valence-electron chi connectivity index (χ3n) is 6.04. The summed E-state index contributed by atoms with van der Waals surface area (Å²) >= 11 is 1.18. The summed E-state index contributed by atoms with van der Waals surface area (Å²) in [7, 11) is 0. The van der Waals surface area contributed by atoms with E-state index in [2.05, 4.69) is 15.9 Å². The van der Waals surface area contributed by atoms with Crippen LogP contribution in [-0.2, 0) is 19.2 Å². The molecule has 0 saturated carbocycles. The van der Waals surface area contributed by atoms with Gasteiger partial charge in [0.1, 0.15) is 11.4 Å². The van der Waals surface area contributed by atoms with Crippen LogP contribution in [0.3, 0.4) is 0 Å². The summed E-state index contributed by atoms with van der Waals surface area (Å²) in [6.45, 7) is 5.43. The third-order valence-corrected chi connectivity index (χ3v) is 7.52. The monoisotopic (exact) mass is 520 g/mol. The number of aliphatic carboxylic acids is 1. The summed E-state index contributed by atoms with van der Waals surface area (Å²) in [4.78, 5) is 75.9. The van der Waals surface area contributed by atoms with Gasteiger partial charge in [0.15, 0.2) is 6.04 Å². The lowest BCUT2D eigenvalue weighted by atomic mass is 10.0. The summed E-state index contributed by atoms with van der Waals surface area (Å²) in [6.07, 6.45) is 0. The quantitative estimate of drug-likeness (QED) is 0.327. The van der Waals surface area contributed by atoms with Crippen LogP contribution in [0.5, 0.6) is 0 Å². The van der Waals surface area contributed by atoms with Crippen molar-refractivity contribution >= 4 is 41.5 Å². The Kier molecular flexibility index (Phi) is 8.17. The Hall–Kier alpha value is -3.68. The van der Waals surface area contributed by atoms with E-state index < -0.39 is 51.9 Å². The van der Waals surface area contributed by atoms with Crippen molar-refractivity contribution in [1.29, 1.82) is 0 Å². The molecule has 0 spiro atoms. The second kappa shape index (κ2) is 10.9. The number of rotatable bonds is 8. The first kappa shape index (κ1) is 26.9. The van der Waals surface area contributed by atoms with Gasteiger partial charge in [0.05, 0.1) is 5.29 Å². The highest BCUT2D eigenvalue weighted by Crippen LogP contribution is 2.44. The first-order chi connectivity index (χ1) is 17.0. The standard InChI is InChI=1S/C22H28N6O7S/c1-4-26-10-11-27(19(31)18(26)30)21(34)24-15(13-8-6-5-7-9-13)17(29)23-12-14-28(25-35)16(20(32)33)22(2,3)36-14/h5-9,14-16H,4,10-12H2,1-3H3,(H,23,29)(H,24,34)(H,32,33)/t14?,15-,16+/m1/s1. The molecule has 5 amide bonds. The molecular formula is C22H28N6O7S. The number of imide groups is 1. The molecule has 1 unspecified atom stereocenters. The predicted molar refractivity (Wildman–Crippen MR) is 129 cm³/mol. The summed E-state index contributed by atoms with van der Waals surface area (Å²) in [5.41, 5.74) is 0.419. The SMILES string of the molecule is CCN1CCN(C(=O)N[C@@H](C(=O)NCC2SC(C)(C)[C@H](C(=O)O)N2N=O)c2ccccc2)C(=O)C1=O. The fourth-order valence-electron chi connectivity index (χ4n) is 4.21. The van der Waals surface area contributed by atoms with E-state index in [1.54, 1.807) is 51.1 Å². The normalized spacial score (nSPS) is 22.2. The van der Waals surface area contributed by atoms with Crippen LogP contribution >= 0.6 is 11.8 Å². The molecule has 0 aliphatic carbocycles. The van der Waals surface area contributed by atoms with Crippen LogP contribution in [0.25, 0.3) is 0 Å². The summed E-state index contributed by atoms with van der Waals surface area (Å²) < 4.78 is -0.851. The third kappa shape index (κ3) is 5.42. The molecule has 36 heavy (non-hydrogen) atoms. The topological polar surface area (TPSA) is 169 Å². The van der Waals surface area contributed by atoms with Gasteiger partial charge in [-0.1, -0.05) is 30.3 Å². The Labute approximate surface area is 211 Å². The zero-order valence-corrected chi connectivity index (χ0v) is 20.9. The van der Waals surface area contributed by atoms with Gasteiger partial charge in [-0.15, -0.1) is 16.7 Å². The van der Waals surface area contributed by atoms with E-state index in [4.69, 9.17) is 0 Å². The average Bonchev–Trinajstić information content (AvgIpc) is 3.12. The number of carbonyl (C=O) groups is 5. The van der Waals surface area contributed by atoms with Crippen molar-refractivity contribution in [1.82, 2.24) is 25.4 Å². The largest absolute Gasteiger partial charge is 0.480 e. The molecule has 1 aromatic rings. The van der Waals surface area contributed by atoms with Crippen molar-refractivity contribution in [2.75, 3.05) is 26.2 Å². The molecule has 2 heterocycles. The lowest BCUT2D eigenvalue weighted by molar-refractivity contribution is -0.153. The zero-order chi connectivity index (χ0) is 26.6. The number of nitrogens with zero attached hydrogens (tertiary/aromatic N) is 4. The van der Waals surface area contributed by atoms with Crippen LogP contribution in [0, 0.1) is 4.91 Å². The highest BCUT2D eigenvalue weighted by atomic mass is 32.2. The van der Waals surface area contributed by atoms with Crippen molar-refractivity contribution in [3.63, 3.8) is 0 Å². The van der Waals surface area contributed by atoms with Crippen LogP contribution in [-0.4, -0.2) is 92.0 Å². The second-order valence-corrected chi connectivity index (χ2v) is 10.6. The smallest absolute Gasteiger partial charge is 0.329 e. The Morgan fingerprint density at radius 1 is 1.17 bits per heavy atom. The number of carboxylic acid groups (broad SMARTS) is 1. The van der Waals surface area contributed by atoms with Gasteiger partial charge in [0.25, 0.3) is 0 Å². The van der Waals surface area contributed by atoms with Crippen molar-refractivity contribution in [3.8, 4) is 0 Å². The van der Waals surface area contributed by atoms with Crippen molar-refractivity contribution in [2.24, 2.45) is 5.29 Å². The van der Waals surface area contributed by atoms with Crippen molar-refractivity contribution < 1.29 is 29.1 Å². The Morgan fingerprint density at radius 3 is 2.42 bits per heavy atom. The lowest BCUT2D eigenvalue weighted by Gasteiger charge is -2.32. The van der Waals surface area contributed by atoms with E-state index in [0.717, 1.165) is 9.91 Å². The molecule has 3 N–H and O–H groups in total. The molecule has 13 nitrogen and oxygen atoms in total. The van der Waals surface area contributed by atoms with Gasteiger partial charge in [-0.25, -0.2) is 14.6 Å². The molecular weight excluding hydrogens is 492 g/mol. The molecule has 0 radical (unpaired) electrons. The number of urea groups is 1. The van der Waals surface area contributed by atoms with E-state index in [9.17, 15) is 34.0 Å². The molecule has 2 aliphatic heterocycles. The van der Waals surface area contributed by atoms with Crippen molar-refractivity contribution in [3.05, 3.63) is 40.8 Å². The first-order valence-corrected chi connectivity index (χ1v) is 12.2. The maximum Gasteiger partial charge on any atom is 0.329 e. The van der Waals surface area contributed by atoms with E-state index in [0.29, 0.717) is 12.1 Å². The minimum atomic E-state index is -1.22. The van der Waals surface area contributed by atoms with Crippen LogP contribution < -0.4 is 10.6 Å². The number of carbonyl (C=O) groups excluding carboxylic acids is 4. The maximum atomic E-state index is 13.2. The van der Waals surface area contributed by atoms with Gasteiger partial charge in [-0.2, -0.15) is 0 Å². The molecule has 1 aromatic carbocycles. The van der Waals surface area contributed by atoms with Crippen molar-refractivity contribution in [2.45, 2.75) is 43.0 Å². The molecule has 3 rings (SSSR count). The number of benzene rings is 1. The fraction of sp³-hybridized carbons (Fsp3) is 0.500. The molecule has 0 aromatic heterocycles. The predicted octanol–water partition coefficient (Wildman–Crippen LogP) is 0.532. The number of hydrogen-bond acceptors (Lipinski definition) is 8. The fourth-order valence-corrected chi connectivity index (χ4v) is 5.68. The average molecular weight is 521 g/mol. The molecule has 0 bridgehead atoms. The Bertz CT molecular complexity index is 1050. The number of carboxylic acids is 1. The zero-order valence-electron chi connectivity index (χ0n) is 20.0. The Morgan fingerprint density at radius 2 is 1.83 bits per heavy atom. The molecule has 3 atom stereocenters. The van der Waals surface area contributed by atoms with Crippen LogP contribution in [0.1, 0.15) is 32.4 Å². The van der Waals surface area contributed by atoms with Gasteiger partial charge in [0, 0.05) is 30.9 Å². The number of amides is 5. The number of likely N-dealkylation sites (N-methyl/N-ethyl adjacent to an activating group) is 1. The minimum absolute atomic E-state index is 0.0162. The molecule has 2 aliphatic rings. The van der Waals surface area contributed by atoms with E-state index in [1.807, 2.05) is 0 Å². The van der Waals surface area contributed by atoms with Gasteiger partial charge in [-0.3, -0.25) is 19.3 Å². The number of thioether (sulfide) groups is 1. The summed E-state index contributed by atoms with van der Waals surface area (Å²) in [5, 5.41) is 17.7. The summed E-state index contributed by atoms with van der Waals surface area (Å²) in [6, 6.07) is 4.98. The first-order valence-electron chi connectivity index (χ1n) is 11.3. The van der Waals surface area contributed by atoms with Gasteiger partial charge in [-0.05, 0) is 26.3 Å². The number of nitrogens with one attached hydrogen (secondary N) is 2. The van der Waals surface area contributed by atoms with E-state index in [-0.39, 0.29) is 19.6 Å². The van der Waals surface area contributed by atoms with Gasteiger partial charge in [0.2, 0.25) is 5.91 Å². The van der Waals surface area contributed by atoms with Gasteiger partial charge >= 0.3 is 23.8 Å². The molecule has 2 fully saturated rings. The van der Waals surface area contributed by atoms with Gasteiger partial charge < -0.3 is 20.6 Å². The Balaban J connectivity index is 1.74.